The van der Waals surface area contributed by atoms with E-state index in [0.717, 1.165) is 25.8 Å². The number of amides is 1. The summed E-state index contributed by atoms with van der Waals surface area (Å²) in [6.07, 6.45) is 2.89. The van der Waals surface area contributed by atoms with Crippen molar-refractivity contribution in [1.29, 1.82) is 0 Å². The molecule has 2 heterocycles. The first-order valence-corrected chi connectivity index (χ1v) is 6.89. The van der Waals surface area contributed by atoms with Crippen LogP contribution in [0.1, 0.15) is 19.3 Å². The van der Waals surface area contributed by atoms with Gasteiger partial charge >= 0.3 is 0 Å². The van der Waals surface area contributed by atoms with Crippen LogP contribution in [0.25, 0.3) is 0 Å². The smallest absolute Gasteiger partial charge is 0.269 e. The first-order chi connectivity index (χ1) is 9.59. The molecule has 0 N–H and O–H groups in total. The Kier molecular flexibility index (Phi) is 3.13. The average Bonchev–Trinajstić information content (AvgIpc) is 2.72. The minimum Gasteiger partial charge on any atom is -0.336 e. The summed E-state index contributed by atoms with van der Waals surface area (Å²) in [5.74, 6) is -0.0245. The fraction of sp³-hybridized carbons (Fsp3) is 0.385. The molecule has 2 fully saturated rings. The van der Waals surface area contributed by atoms with Crippen LogP contribution in [-0.2, 0) is 4.79 Å². The van der Waals surface area contributed by atoms with Crippen LogP contribution >= 0.6 is 12.2 Å². The normalized spacial score (nSPS) is 22.1. The van der Waals surface area contributed by atoms with Gasteiger partial charge in [-0.1, -0.05) is 0 Å². The fourth-order valence-electron chi connectivity index (χ4n) is 2.75. The van der Waals surface area contributed by atoms with E-state index in [4.69, 9.17) is 12.2 Å². The van der Waals surface area contributed by atoms with Crippen molar-refractivity contribution in [2.75, 3.05) is 11.4 Å². The largest absolute Gasteiger partial charge is 0.336 e. The van der Waals surface area contributed by atoms with Gasteiger partial charge in [-0.15, -0.1) is 0 Å². The van der Waals surface area contributed by atoms with Crippen LogP contribution in [0.5, 0.6) is 0 Å². The van der Waals surface area contributed by atoms with Crippen molar-refractivity contribution in [1.82, 2.24) is 4.90 Å². The van der Waals surface area contributed by atoms with E-state index >= 15 is 0 Å². The Morgan fingerprint density at radius 3 is 2.55 bits per heavy atom. The average molecular weight is 291 g/mol. The van der Waals surface area contributed by atoms with Crippen LogP contribution in [0, 0.1) is 10.1 Å². The molecule has 0 spiro atoms. The second-order valence-corrected chi connectivity index (χ2v) is 5.30. The van der Waals surface area contributed by atoms with E-state index in [2.05, 4.69) is 0 Å². The second kappa shape index (κ2) is 4.82. The van der Waals surface area contributed by atoms with Crippen LogP contribution in [0.4, 0.5) is 11.4 Å². The molecule has 0 aromatic heterocycles. The molecular weight excluding hydrogens is 278 g/mol. The Morgan fingerprint density at radius 1 is 1.25 bits per heavy atom. The van der Waals surface area contributed by atoms with E-state index in [1.807, 2.05) is 4.90 Å². The topological polar surface area (TPSA) is 66.7 Å². The molecule has 2 saturated heterocycles. The number of piperidine rings is 1. The lowest BCUT2D eigenvalue weighted by atomic mass is 10.0. The van der Waals surface area contributed by atoms with Gasteiger partial charge in [-0.05, 0) is 43.6 Å². The molecule has 1 unspecified atom stereocenters. The molecule has 0 saturated carbocycles. The Hall–Kier alpha value is -2.02. The molecule has 6 nitrogen and oxygen atoms in total. The number of fused-ring (bicyclic) bond motifs is 1. The molecule has 0 aliphatic carbocycles. The minimum absolute atomic E-state index is 0.00374. The van der Waals surface area contributed by atoms with Crippen LogP contribution in [0.3, 0.4) is 0 Å². The third kappa shape index (κ3) is 1.94. The molecule has 2 aliphatic rings. The van der Waals surface area contributed by atoms with Crippen LogP contribution in [-0.4, -0.2) is 33.4 Å². The van der Waals surface area contributed by atoms with Gasteiger partial charge in [0.15, 0.2) is 5.11 Å². The van der Waals surface area contributed by atoms with Crippen LogP contribution < -0.4 is 4.90 Å². The number of non-ortho nitro benzene ring substituents is 1. The number of anilines is 1. The SMILES string of the molecule is O=C1C2CCCCN2C(=S)N1c1ccc([N+](=O)[O-])cc1. The first kappa shape index (κ1) is 13.0. The van der Waals surface area contributed by atoms with Crippen molar-refractivity contribution in [2.45, 2.75) is 25.3 Å². The number of benzene rings is 1. The maximum Gasteiger partial charge on any atom is 0.269 e. The summed E-state index contributed by atoms with van der Waals surface area (Å²) in [5.41, 5.74) is 0.601. The molecule has 1 aromatic carbocycles. The first-order valence-electron chi connectivity index (χ1n) is 6.48. The van der Waals surface area contributed by atoms with E-state index < -0.39 is 4.92 Å². The molecule has 1 atom stereocenters. The van der Waals surface area contributed by atoms with Gasteiger partial charge in [0.25, 0.3) is 11.6 Å². The Morgan fingerprint density at radius 2 is 1.95 bits per heavy atom. The van der Waals surface area contributed by atoms with Crippen molar-refractivity contribution in [3.8, 4) is 0 Å². The van der Waals surface area contributed by atoms with Gasteiger partial charge < -0.3 is 4.90 Å². The van der Waals surface area contributed by atoms with Gasteiger partial charge in [0.05, 0.1) is 10.6 Å². The maximum atomic E-state index is 12.4. The van der Waals surface area contributed by atoms with Gasteiger partial charge in [-0.2, -0.15) is 0 Å². The number of carbonyl (C=O) groups excluding carboxylic acids is 1. The Bertz CT molecular complexity index is 563. The number of thiocarbonyl (C=S) groups is 1. The summed E-state index contributed by atoms with van der Waals surface area (Å²) in [4.78, 5) is 26.1. The minimum atomic E-state index is -0.461. The maximum absolute atomic E-state index is 12.4. The lowest BCUT2D eigenvalue weighted by Gasteiger charge is -2.27. The molecule has 0 bridgehead atoms. The quantitative estimate of drug-likeness (QED) is 0.474. The highest BCUT2D eigenvalue weighted by Gasteiger charge is 2.43. The van der Waals surface area contributed by atoms with Crippen LogP contribution in [0.15, 0.2) is 24.3 Å². The highest BCUT2D eigenvalue weighted by molar-refractivity contribution is 7.80. The molecule has 1 amide bonds. The number of carbonyl (C=O) groups is 1. The van der Waals surface area contributed by atoms with Crippen molar-refractivity contribution >= 4 is 34.6 Å². The molecule has 2 aliphatic heterocycles. The summed E-state index contributed by atoms with van der Waals surface area (Å²) in [5, 5.41) is 11.2. The van der Waals surface area contributed by atoms with E-state index in [-0.39, 0.29) is 17.6 Å². The summed E-state index contributed by atoms with van der Waals surface area (Å²) < 4.78 is 0. The number of nitrogens with zero attached hydrogens (tertiary/aromatic N) is 3. The lowest BCUT2D eigenvalue weighted by molar-refractivity contribution is -0.384. The van der Waals surface area contributed by atoms with Crippen molar-refractivity contribution in [3.05, 3.63) is 34.4 Å². The van der Waals surface area contributed by atoms with E-state index in [9.17, 15) is 14.9 Å². The van der Waals surface area contributed by atoms with Crippen molar-refractivity contribution in [2.24, 2.45) is 0 Å². The number of nitro groups is 1. The molecular formula is C13H13N3O3S. The number of nitro benzene ring substituents is 1. The molecule has 1 aromatic rings. The zero-order valence-corrected chi connectivity index (χ0v) is 11.5. The standard InChI is InChI=1S/C13H13N3O3S/c17-12-11-3-1-2-8-14(11)13(20)15(12)9-4-6-10(7-5-9)16(18)19/h4-7,11H,1-3,8H2. The van der Waals surface area contributed by atoms with Gasteiger partial charge in [0.2, 0.25) is 0 Å². The predicted molar refractivity (Wildman–Crippen MR) is 77.5 cm³/mol. The number of rotatable bonds is 2. The number of hydrogen-bond donors (Lipinski definition) is 0. The fourth-order valence-corrected chi connectivity index (χ4v) is 3.16. The zero-order chi connectivity index (χ0) is 14.3. The summed E-state index contributed by atoms with van der Waals surface area (Å²) in [7, 11) is 0. The van der Waals surface area contributed by atoms with Crippen molar-refractivity contribution < 1.29 is 9.72 Å². The third-order valence-electron chi connectivity index (χ3n) is 3.76. The Labute approximate surface area is 121 Å². The predicted octanol–water partition coefficient (Wildman–Crippen LogP) is 2.08. The number of hydrogen-bond acceptors (Lipinski definition) is 4. The van der Waals surface area contributed by atoms with E-state index in [1.54, 1.807) is 12.1 Å². The molecule has 20 heavy (non-hydrogen) atoms. The van der Waals surface area contributed by atoms with Crippen LogP contribution in [0.2, 0.25) is 0 Å². The van der Waals surface area contributed by atoms with Gasteiger partial charge in [-0.3, -0.25) is 19.8 Å². The second-order valence-electron chi connectivity index (χ2n) is 4.93. The molecule has 0 radical (unpaired) electrons. The van der Waals surface area contributed by atoms with Crippen molar-refractivity contribution in [3.63, 3.8) is 0 Å². The van der Waals surface area contributed by atoms with E-state index in [1.165, 1.54) is 17.0 Å². The highest BCUT2D eigenvalue weighted by atomic mass is 32.1. The summed E-state index contributed by atoms with van der Waals surface area (Å²) in [6.45, 7) is 0.804. The van der Waals surface area contributed by atoms with Gasteiger partial charge in [0, 0.05) is 18.7 Å². The molecule has 7 heteroatoms. The van der Waals surface area contributed by atoms with E-state index in [0.29, 0.717) is 10.8 Å². The Balaban J connectivity index is 1.91. The third-order valence-corrected chi connectivity index (χ3v) is 4.18. The van der Waals surface area contributed by atoms with Gasteiger partial charge in [-0.25, -0.2) is 0 Å². The molecule has 3 rings (SSSR count). The molecule has 104 valence electrons. The summed E-state index contributed by atoms with van der Waals surface area (Å²) >= 11 is 5.38. The highest BCUT2D eigenvalue weighted by Crippen LogP contribution is 2.31. The lowest BCUT2D eigenvalue weighted by Crippen LogP contribution is -2.38. The van der Waals surface area contributed by atoms with Gasteiger partial charge in [0.1, 0.15) is 6.04 Å². The zero-order valence-electron chi connectivity index (χ0n) is 10.7. The summed E-state index contributed by atoms with van der Waals surface area (Å²) in [6, 6.07) is 5.76. The monoisotopic (exact) mass is 291 g/mol.